The van der Waals surface area contributed by atoms with Crippen LogP contribution < -0.4 is 56.7 Å². The van der Waals surface area contributed by atoms with E-state index in [9.17, 15) is 9.59 Å². The zero-order chi connectivity index (χ0) is 36.1. The summed E-state index contributed by atoms with van der Waals surface area (Å²) in [5.41, 5.74) is 1.12. The maximum Gasteiger partial charge on any atom is 1.00 e. The SMILES string of the molecule is CC(C)(C(=O)O)c1ccc(Br)cc1.CC(C)(C)OC(=O)NC(C)(C)c1ccc(Br)cc1.N#CCc1ccc(Br)cc1.[2H]SC.[CH3-].[CH3-].[Cl][Cu+].[K+]. The molecule has 3 rings (SSSR count). The van der Waals surface area contributed by atoms with Crippen molar-refractivity contribution in [1.82, 2.24) is 5.32 Å². The van der Waals surface area contributed by atoms with E-state index >= 15 is 0 Å². The van der Waals surface area contributed by atoms with E-state index in [1.807, 2.05) is 107 Å². The van der Waals surface area contributed by atoms with Crippen LogP contribution in [0.1, 0.15) is 65.2 Å². The predicted molar refractivity (Wildman–Crippen MR) is 208 cm³/mol. The van der Waals surface area contributed by atoms with Crippen LogP contribution in [0.15, 0.2) is 86.2 Å². The Morgan fingerprint density at radius 3 is 1.50 bits per heavy atom. The van der Waals surface area contributed by atoms with Gasteiger partial charge in [0, 0.05) is 13.4 Å². The summed E-state index contributed by atoms with van der Waals surface area (Å²) < 4.78 is 14.4. The number of alkyl carbamates (subject to hydrolysis) is 1. The first-order chi connectivity index (χ1) is 21.3. The van der Waals surface area contributed by atoms with E-state index in [0.29, 0.717) is 6.42 Å². The Kier molecular flexibility index (Phi) is 33.9. The molecule has 0 bridgehead atoms. The summed E-state index contributed by atoms with van der Waals surface area (Å²) >= 11 is 14.7. The fraction of sp³-hybridized carbons (Fsp3) is 0.343. The smallest absolute Gasteiger partial charge is 1.00 e. The second-order valence-corrected chi connectivity index (χ2v) is 13.9. The van der Waals surface area contributed by atoms with Crippen molar-refractivity contribution in [2.45, 2.75) is 71.4 Å². The number of rotatable bonds is 5. The van der Waals surface area contributed by atoms with E-state index in [0.717, 1.165) is 42.6 Å². The number of carbonyl (C=O) groups is 2. The fourth-order valence-corrected chi connectivity index (χ4v) is 3.97. The number of carboxylic acid groups (broad SMARTS) is 1. The number of carboxylic acids is 1. The van der Waals surface area contributed by atoms with Gasteiger partial charge in [-0.3, -0.25) is 4.79 Å². The molecule has 48 heavy (non-hydrogen) atoms. The first-order valence-electron chi connectivity index (χ1n) is 13.7. The first kappa shape index (κ1) is 54.9. The number of nitrogens with one attached hydrogen (secondary N) is 1. The second-order valence-electron chi connectivity index (χ2n) is 11.2. The predicted octanol–water partition coefficient (Wildman–Crippen LogP) is 8.67. The number of amides is 1. The molecule has 0 aliphatic rings. The summed E-state index contributed by atoms with van der Waals surface area (Å²) in [6, 6.07) is 25.0. The monoisotopic (exact) mass is 966 g/mol. The topological polar surface area (TPSA) is 99.4 Å². The Labute approximate surface area is 376 Å². The van der Waals surface area contributed by atoms with Gasteiger partial charge in [0.15, 0.2) is 0 Å². The van der Waals surface area contributed by atoms with E-state index in [2.05, 4.69) is 84.4 Å². The molecule has 0 saturated carbocycles. The molecule has 3 aromatic rings. The molecule has 267 valence electrons. The van der Waals surface area contributed by atoms with Crippen LogP contribution in [0, 0.1) is 26.2 Å². The van der Waals surface area contributed by atoms with Gasteiger partial charge in [0.25, 0.3) is 0 Å². The summed E-state index contributed by atoms with van der Waals surface area (Å²) in [7, 11) is 4.20. The van der Waals surface area contributed by atoms with Gasteiger partial charge in [0.2, 0.25) is 0 Å². The normalized spacial score (nSPS) is 9.98. The Morgan fingerprint density at radius 2 is 1.19 bits per heavy atom. The maximum atomic E-state index is 11.8. The van der Waals surface area contributed by atoms with Crippen LogP contribution in [0.4, 0.5) is 4.79 Å². The molecule has 0 aromatic heterocycles. The zero-order valence-electron chi connectivity index (χ0n) is 30.5. The molecule has 0 saturated heterocycles. The molecular formula is C35H47Br3ClCuKN2O4S. The number of benzene rings is 3. The number of hydrogen-bond donors (Lipinski definition) is 3. The van der Waals surface area contributed by atoms with Gasteiger partial charge in [0.05, 0.1) is 23.4 Å². The Hall–Kier alpha value is 0.126. The molecule has 13 heteroatoms. The molecule has 0 unspecified atom stereocenters. The van der Waals surface area contributed by atoms with Gasteiger partial charge in [-0.25, -0.2) is 4.79 Å². The summed E-state index contributed by atoms with van der Waals surface area (Å²) in [4.78, 5) is 22.7. The fourth-order valence-electron chi connectivity index (χ4n) is 3.18. The van der Waals surface area contributed by atoms with E-state index in [1.165, 1.54) is 0 Å². The van der Waals surface area contributed by atoms with E-state index in [4.69, 9.17) is 16.2 Å². The van der Waals surface area contributed by atoms with Crippen LogP contribution in [0.3, 0.4) is 0 Å². The molecular weight excluding hydrogens is 922 g/mol. The van der Waals surface area contributed by atoms with Crippen molar-refractivity contribution in [3.8, 4) is 6.07 Å². The minimum atomic E-state index is -0.819. The van der Waals surface area contributed by atoms with E-state index < -0.39 is 28.6 Å². The minimum absolute atomic E-state index is 0. The minimum Gasteiger partial charge on any atom is 1.00 e. The van der Waals surface area contributed by atoms with Gasteiger partial charge < -0.3 is 30.0 Å². The van der Waals surface area contributed by atoms with Crippen LogP contribution in [0.2, 0.25) is 0 Å². The third-order valence-electron chi connectivity index (χ3n) is 5.68. The molecule has 2 N–H and O–H groups in total. The van der Waals surface area contributed by atoms with Crippen molar-refractivity contribution < 1.29 is 85.9 Å². The van der Waals surface area contributed by atoms with E-state index in [-0.39, 0.29) is 66.2 Å². The van der Waals surface area contributed by atoms with Crippen LogP contribution in [-0.2, 0) is 42.0 Å². The molecule has 0 spiro atoms. The summed E-state index contributed by atoms with van der Waals surface area (Å²) in [5.74, 6) is -0.810. The average molecular weight is 971 g/mol. The average Bonchev–Trinajstić information content (AvgIpc) is 2.96. The number of nitriles is 1. The molecule has 0 heterocycles. The molecule has 0 atom stereocenters. The molecule has 0 aliphatic heterocycles. The van der Waals surface area contributed by atoms with Gasteiger partial charge in [-0.1, -0.05) is 84.2 Å². The third kappa shape index (κ3) is 25.1. The summed E-state index contributed by atoms with van der Waals surface area (Å²) in [6.45, 7) is 12.8. The summed E-state index contributed by atoms with van der Waals surface area (Å²) in [5, 5.41) is 20.2. The Balaban J connectivity index is -0.000000185. The van der Waals surface area contributed by atoms with Crippen LogP contribution in [0.5, 0.6) is 0 Å². The number of ether oxygens (including phenoxy) is 1. The van der Waals surface area contributed by atoms with Crippen molar-refractivity contribution in [3.63, 3.8) is 0 Å². The standard InChI is InChI=1S/C14H20BrNO2.C10H11BrO2.C8H6BrN.CH4S.2CH3.ClH.Cu.K/c1-13(2,3)18-12(17)16-14(4,5)10-6-8-11(15)9-7-10;1-10(2,9(12)13)7-3-5-8(11)6-4-7;9-8-3-1-7(2-4-8)5-6-10;1-2;;;;;/h6-9H,1-5H3,(H,16,17);3-6H,1-2H3,(H,12,13);1-4H,5H2;2H,1H3;2*1H3;1H;;/q;;;;2*-1;;+2;+1/p-1/i/hD. The number of nitrogens with zero attached hydrogens (tertiary/aromatic N) is 1. The van der Waals surface area contributed by atoms with Crippen molar-refractivity contribution in [1.29, 1.82) is 6.39 Å². The first-order valence-corrected chi connectivity index (χ1v) is 17.8. The summed E-state index contributed by atoms with van der Waals surface area (Å²) in [6.07, 6.45) is 1.79. The van der Waals surface area contributed by atoms with Crippen LogP contribution in [-0.4, -0.2) is 30.1 Å². The number of hydrogen-bond acceptors (Lipinski definition) is 5. The Bertz CT molecular complexity index is 1360. The van der Waals surface area contributed by atoms with Gasteiger partial charge in [-0.2, -0.15) is 17.8 Å². The Morgan fingerprint density at radius 1 is 0.854 bits per heavy atom. The number of halogens is 4. The second kappa shape index (κ2) is 29.7. The van der Waals surface area contributed by atoms with E-state index in [1.54, 1.807) is 20.1 Å². The van der Waals surface area contributed by atoms with Gasteiger partial charge in [-0.15, -0.1) is 0 Å². The molecule has 6 nitrogen and oxygen atoms in total. The third-order valence-corrected chi connectivity index (χ3v) is 7.26. The van der Waals surface area contributed by atoms with Crippen molar-refractivity contribution in [2.24, 2.45) is 0 Å². The zero-order valence-corrected chi connectivity index (χ0v) is 39.9. The molecule has 1 amide bonds. The number of aliphatic carboxylic acids is 1. The van der Waals surface area contributed by atoms with Crippen molar-refractivity contribution in [3.05, 3.63) is 118 Å². The number of carbonyl (C=O) groups excluding carboxylic acids is 1. The van der Waals surface area contributed by atoms with Crippen LogP contribution >= 0.6 is 70.4 Å². The molecule has 3 aromatic carbocycles. The van der Waals surface area contributed by atoms with Crippen LogP contribution in [0.25, 0.3) is 0 Å². The molecule has 0 fully saturated rings. The molecule has 0 aliphatic carbocycles. The van der Waals surface area contributed by atoms with Crippen molar-refractivity contribution in [2.75, 3.05) is 6.26 Å². The quantitative estimate of drug-likeness (QED) is 0.135. The molecule has 0 radical (unpaired) electrons. The van der Waals surface area contributed by atoms with Crippen molar-refractivity contribution >= 4 is 82.5 Å². The maximum absolute atomic E-state index is 11.8. The number of thiol groups is 1. The van der Waals surface area contributed by atoms with Gasteiger partial charge in [-0.05, 0) is 108 Å². The van der Waals surface area contributed by atoms with Gasteiger partial charge >= 0.3 is 88.6 Å². The van der Waals surface area contributed by atoms with Gasteiger partial charge in [0.1, 0.15) is 6.72 Å². The largest absolute Gasteiger partial charge is 1.00 e.